The van der Waals surface area contributed by atoms with Gasteiger partial charge in [-0.15, -0.1) is 24.0 Å². The third-order valence-electron chi connectivity index (χ3n) is 4.11. The van der Waals surface area contributed by atoms with Crippen LogP contribution in [0.1, 0.15) is 25.3 Å². The highest BCUT2D eigenvalue weighted by atomic mass is 127. The number of hydrogen-bond acceptors (Lipinski definition) is 3. The fourth-order valence-corrected chi connectivity index (χ4v) is 3.62. The Hall–Kier alpha value is -0.700. The van der Waals surface area contributed by atoms with Gasteiger partial charge in [-0.3, -0.25) is 4.99 Å². The summed E-state index contributed by atoms with van der Waals surface area (Å²) in [6, 6.07) is 4.03. The number of ether oxygens (including phenoxy) is 2. The van der Waals surface area contributed by atoms with Crippen molar-refractivity contribution in [1.29, 1.82) is 0 Å². The fourth-order valence-electron chi connectivity index (χ4n) is 2.97. The minimum atomic E-state index is 0. The second-order valence-electron chi connectivity index (χ2n) is 5.91. The summed E-state index contributed by atoms with van der Waals surface area (Å²) in [6.07, 6.45) is 2.53. The molecule has 0 radical (unpaired) electrons. The Morgan fingerprint density at radius 3 is 2.71 bits per heavy atom. The molecular formula is C17H27BrIN3O2. The van der Waals surface area contributed by atoms with Gasteiger partial charge in [0.05, 0.1) is 18.7 Å². The predicted octanol–water partition coefficient (Wildman–Crippen LogP) is 3.89. The minimum absolute atomic E-state index is 0. The van der Waals surface area contributed by atoms with Crippen molar-refractivity contribution < 1.29 is 9.47 Å². The van der Waals surface area contributed by atoms with Crippen molar-refractivity contribution in [3.8, 4) is 11.5 Å². The zero-order valence-corrected chi connectivity index (χ0v) is 18.7. The van der Waals surface area contributed by atoms with Crippen LogP contribution < -0.4 is 14.8 Å². The second-order valence-corrected chi connectivity index (χ2v) is 6.76. The fraction of sp³-hybridized carbons (Fsp3) is 0.588. The van der Waals surface area contributed by atoms with E-state index in [4.69, 9.17) is 9.47 Å². The standard InChI is InChI=1S/C17H26BrN3O2.HI/c1-12-6-5-7-21(11-12)17(19-2)20-10-13-8-14(18)16(23-4)15(9-13)22-3;/h8-9,12H,5-7,10-11H2,1-4H3,(H,19,20);1H. The van der Waals surface area contributed by atoms with Gasteiger partial charge >= 0.3 is 0 Å². The highest BCUT2D eigenvalue weighted by molar-refractivity contribution is 14.0. The van der Waals surface area contributed by atoms with E-state index in [9.17, 15) is 0 Å². The largest absolute Gasteiger partial charge is 0.493 e. The summed E-state index contributed by atoms with van der Waals surface area (Å²) >= 11 is 3.53. The van der Waals surface area contributed by atoms with Crippen LogP contribution in [0.3, 0.4) is 0 Å². The molecule has 0 spiro atoms. The van der Waals surface area contributed by atoms with Crippen LogP contribution in [0, 0.1) is 5.92 Å². The molecule has 1 fully saturated rings. The molecule has 7 heteroatoms. The first-order valence-corrected chi connectivity index (χ1v) is 8.74. The van der Waals surface area contributed by atoms with Gasteiger partial charge in [0.1, 0.15) is 0 Å². The second kappa shape index (κ2) is 10.3. The van der Waals surface area contributed by atoms with E-state index in [0.29, 0.717) is 12.3 Å². The highest BCUT2D eigenvalue weighted by Crippen LogP contribution is 2.36. The van der Waals surface area contributed by atoms with E-state index >= 15 is 0 Å². The number of likely N-dealkylation sites (tertiary alicyclic amines) is 1. The molecule has 24 heavy (non-hydrogen) atoms. The summed E-state index contributed by atoms with van der Waals surface area (Å²) in [6.45, 7) is 5.12. The van der Waals surface area contributed by atoms with Gasteiger partial charge in [-0.2, -0.15) is 0 Å². The van der Waals surface area contributed by atoms with E-state index in [1.165, 1.54) is 12.8 Å². The molecule has 5 nitrogen and oxygen atoms in total. The monoisotopic (exact) mass is 511 g/mol. The SMILES string of the molecule is CN=C(NCc1cc(Br)c(OC)c(OC)c1)N1CCCC(C)C1.I. The van der Waals surface area contributed by atoms with Crippen molar-refractivity contribution in [3.63, 3.8) is 0 Å². The number of benzene rings is 1. The summed E-state index contributed by atoms with van der Waals surface area (Å²) < 4.78 is 11.6. The van der Waals surface area contributed by atoms with E-state index in [2.05, 4.69) is 38.1 Å². The van der Waals surface area contributed by atoms with Gasteiger partial charge in [-0.1, -0.05) is 6.92 Å². The van der Waals surface area contributed by atoms with Crippen LogP contribution in [0.15, 0.2) is 21.6 Å². The number of nitrogens with one attached hydrogen (secondary N) is 1. The number of halogens is 2. The maximum Gasteiger partial charge on any atom is 0.193 e. The zero-order valence-electron chi connectivity index (χ0n) is 14.8. The minimum Gasteiger partial charge on any atom is -0.493 e. The summed E-state index contributed by atoms with van der Waals surface area (Å²) in [4.78, 5) is 6.76. The molecule has 136 valence electrons. The van der Waals surface area contributed by atoms with E-state index in [-0.39, 0.29) is 24.0 Å². The van der Waals surface area contributed by atoms with Crippen LogP contribution in [0.25, 0.3) is 0 Å². The summed E-state index contributed by atoms with van der Waals surface area (Å²) in [5.74, 6) is 3.12. The Balaban J connectivity index is 0.00000288. The molecule has 1 N–H and O–H groups in total. The first-order chi connectivity index (χ1) is 11.1. The molecule has 0 saturated carbocycles. The molecule has 0 amide bonds. The molecule has 1 aromatic carbocycles. The Labute approximate surface area is 170 Å². The van der Waals surface area contributed by atoms with Gasteiger partial charge in [-0.05, 0) is 52.4 Å². The van der Waals surface area contributed by atoms with E-state index in [1.807, 2.05) is 19.2 Å². The number of rotatable bonds is 4. The Bertz CT molecular complexity index is 569. The van der Waals surface area contributed by atoms with Crippen LogP contribution in [-0.4, -0.2) is 45.2 Å². The van der Waals surface area contributed by atoms with Crippen LogP contribution >= 0.6 is 39.9 Å². The van der Waals surface area contributed by atoms with Crippen molar-refractivity contribution >= 4 is 45.9 Å². The van der Waals surface area contributed by atoms with Crippen LogP contribution in [0.4, 0.5) is 0 Å². The molecule has 1 heterocycles. The first-order valence-electron chi connectivity index (χ1n) is 7.95. The molecule has 1 aliphatic heterocycles. The van der Waals surface area contributed by atoms with Gasteiger partial charge in [0, 0.05) is 26.7 Å². The normalized spacial score (nSPS) is 18.0. The maximum absolute atomic E-state index is 5.40. The first kappa shape index (κ1) is 21.3. The van der Waals surface area contributed by atoms with Crippen LogP contribution in [-0.2, 0) is 6.54 Å². The maximum atomic E-state index is 5.40. The third kappa shape index (κ3) is 5.40. The lowest BCUT2D eigenvalue weighted by Gasteiger charge is -2.33. The highest BCUT2D eigenvalue weighted by Gasteiger charge is 2.19. The smallest absolute Gasteiger partial charge is 0.193 e. The summed E-state index contributed by atoms with van der Waals surface area (Å²) in [5.41, 5.74) is 1.11. The molecular weight excluding hydrogens is 485 g/mol. The van der Waals surface area contributed by atoms with Gasteiger partial charge in [0.25, 0.3) is 0 Å². The Kier molecular flexibility index (Phi) is 9.18. The van der Waals surface area contributed by atoms with E-state index in [0.717, 1.165) is 40.8 Å². The molecule has 1 atom stereocenters. The van der Waals surface area contributed by atoms with E-state index < -0.39 is 0 Å². The number of hydrogen-bond donors (Lipinski definition) is 1. The number of piperidine rings is 1. The van der Waals surface area contributed by atoms with Crippen molar-refractivity contribution in [2.75, 3.05) is 34.4 Å². The molecule has 0 aromatic heterocycles. The number of guanidine groups is 1. The molecule has 1 saturated heterocycles. The van der Waals surface area contributed by atoms with Crippen LogP contribution in [0.2, 0.25) is 0 Å². The van der Waals surface area contributed by atoms with Gasteiger partial charge in [-0.25, -0.2) is 0 Å². The Morgan fingerprint density at radius 1 is 1.38 bits per heavy atom. The molecule has 1 aromatic rings. The molecule has 2 rings (SSSR count). The summed E-state index contributed by atoms with van der Waals surface area (Å²) in [7, 11) is 5.13. The van der Waals surface area contributed by atoms with Crippen molar-refractivity contribution in [3.05, 3.63) is 22.2 Å². The van der Waals surface area contributed by atoms with Crippen LogP contribution in [0.5, 0.6) is 11.5 Å². The number of aliphatic imine (C=N–C) groups is 1. The number of methoxy groups -OCH3 is 2. The lowest BCUT2D eigenvalue weighted by atomic mass is 10.0. The zero-order chi connectivity index (χ0) is 16.8. The Morgan fingerprint density at radius 2 is 2.12 bits per heavy atom. The quantitative estimate of drug-likeness (QED) is 0.378. The molecule has 0 aliphatic carbocycles. The van der Waals surface area contributed by atoms with E-state index in [1.54, 1.807) is 14.2 Å². The lowest BCUT2D eigenvalue weighted by Crippen LogP contribution is -2.45. The average Bonchev–Trinajstić information content (AvgIpc) is 2.55. The predicted molar refractivity (Wildman–Crippen MR) is 113 cm³/mol. The van der Waals surface area contributed by atoms with Gasteiger partial charge < -0.3 is 19.7 Å². The molecule has 1 unspecified atom stereocenters. The molecule has 0 bridgehead atoms. The van der Waals surface area contributed by atoms with Crippen molar-refractivity contribution in [1.82, 2.24) is 10.2 Å². The number of nitrogens with zero attached hydrogens (tertiary/aromatic N) is 2. The third-order valence-corrected chi connectivity index (χ3v) is 4.70. The van der Waals surface area contributed by atoms with Crippen molar-refractivity contribution in [2.24, 2.45) is 10.9 Å². The summed E-state index contributed by atoms with van der Waals surface area (Å²) in [5, 5.41) is 3.45. The topological polar surface area (TPSA) is 46.1 Å². The van der Waals surface area contributed by atoms with Gasteiger partial charge in [0.15, 0.2) is 17.5 Å². The lowest BCUT2D eigenvalue weighted by molar-refractivity contribution is 0.266. The van der Waals surface area contributed by atoms with Crippen molar-refractivity contribution in [2.45, 2.75) is 26.3 Å². The average molecular weight is 512 g/mol. The molecule has 1 aliphatic rings. The van der Waals surface area contributed by atoms with Gasteiger partial charge in [0.2, 0.25) is 0 Å².